The van der Waals surface area contributed by atoms with Gasteiger partial charge in [-0.2, -0.15) is 0 Å². The van der Waals surface area contributed by atoms with Gasteiger partial charge in [0.05, 0.1) is 4.92 Å². The summed E-state index contributed by atoms with van der Waals surface area (Å²) in [5.74, 6) is -0.494. The van der Waals surface area contributed by atoms with Gasteiger partial charge in [0.1, 0.15) is 5.69 Å². The molecular weight excluding hydrogens is 312 g/mol. The van der Waals surface area contributed by atoms with Crippen LogP contribution >= 0.6 is 0 Å². The number of hydrazine groups is 1. The van der Waals surface area contributed by atoms with Crippen LogP contribution in [0.1, 0.15) is 18.1 Å². The van der Waals surface area contributed by atoms with Gasteiger partial charge in [0, 0.05) is 12.5 Å². The molecule has 0 saturated carbocycles. The SMILES string of the molecule is O=C(NNc1ccccc1[N+](=O)[O-])C1=NO[C@H](c2ccccc2)C1. The Bertz CT molecular complexity index is 792. The first-order valence-electron chi connectivity index (χ1n) is 7.22. The molecular formula is C16H14N4O4. The summed E-state index contributed by atoms with van der Waals surface area (Å²) in [6, 6.07) is 15.5. The van der Waals surface area contributed by atoms with Gasteiger partial charge >= 0.3 is 0 Å². The van der Waals surface area contributed by atoms with Crippen molar-refractivity contribution < 1.29 is 14.6 Å². The number of nitrogens with one attached hydrogen (secondary N) is 2. The summed E-state index contributed by atoms with van der Waals surface area (Å²) in [4.78, 5) is 27.8. The molecule has 122 valence electrons. The highest BCUT2D eigenvalue weighted by atomic mass is 16.6. The van der Waals surface area contributed by atoms with E-state index in [4.69, 9.17) is 4.84 Å². The lowest BCUT2D eigenvalue weighted by Gasteiger charge is -2.09. The molecule has 0 radical (unpaired) electrons. The van der Waals surface area contributed by atoms with Crippen LogP contribution in [0.25, 0.3) is 0 Å². The third-order valence-electron chi connectivity index (χ3n) is 3.51. The zero-order valence-corrected chi connectivity index (χ0v) is 12.5. The molecule has 0 bridgehead atoms. The minimum absolute atomic E-state index is 0.135. The Hall–Kier alpha value is -3.42. The molecule has 2 N–H and O–H groups in total. The number of hydrogen-bond donors (Lipinski definition) is 2. The van der Waals surface area contributed by atoms with Crippen LogP contribution in [0, 0.1) is 10.1 Å². The molecule has 8 nitrogen and oxygen atoms in total. The van der Waals surface area contributed by atoms with Crippen molar-refractivity contribution in [2.45, 2.75) is 12.5 Å². The second-order valence-corrected chi connectivity index (χ2v) is 5.10. The van der Waals surface area contributed by atoms with Gasteiger partial charge in [-0.25, -0.2) is 0 Å². The first-order chi connectivity index (χ1) is 11.6. The van der Waals surface area contributed by atoms with Crippen LogP contribution in [0.15, 0.2) is 59.8 Å². The molecule has 0 saturated heterocycles. The topological polar surface area (TPSA) is 106 Å². The van der Waals surface area contributed by atoms with Crippen LogP contribution in [0.2, 0.25) is 0 Å². The Balaban J connectivity index is 1.60. The van der Waals surface area contributed by atoms with E-state index >= 15 is 0 Å². The standard InChI is InChI=1S/C16H14N4O4/c21-16(18-17-12-8-4-5-9-14(12)20(22)23)13-10-15(24-19-13)11-6-2-1-3-7-11/h1-9,15,17H,10H2,(H,18,21)/t15-/m0/s1. The zero-order chi connectivity index (χ0) is 16.9. The number of oxime groups is 1. The van der Waals surface area contributed by atoms with E-state index in [1.165, 1.54) is 12.1 Å². The van der Waals surface area contributed by atoms with Gasteiger partial charge < -0.3 is 4.84 Å². The Labute approximate surface area is 137 Å². The maximum atomic E-state index is 12.1. The number of amides is 1. The average molecular weight is 326 g/mol. The maximum Gasteiger partial charge on any atom is 0.294 e. The number of hydrogen-bond acceptors (Lipinski definition) is 6. The lowest BCUT2D eigenvalue weighted by Crippen LogP contribution is -2.35. The molecule has 0 spiro atoms. The summed E-state index contributed by atoms with van der Waals surface area (Å²) in [6.07, 6.45) is 0.0204. The highest BCUT2D eigenvalue weighted by molar-refractivity contribution is 6.39. The second-order valence-electron chi connectivity index (χ2n) is 5.10. The molecule has 0 aromatic heterocycles. The fourth-order valence-corrected chi connectivity index (χ4v) is 2.29. The molecule has 0 unspecified atom stereocenters. The van der Waals surface area contributed by atoms with Gasteiger partial charge in [-0.1, -0.05) is 47.6 Å². The van der Waals surface area contributed by atoms with Gasteiger partial charge in [0.15, 0.2) is 11.8 Å². The molecule has 1 atom stereocenters. The lowest BCUT2D eigenvalue weighted by atomic mass is 10.0. The number of nitrogens with zero attached hydrogens (tertiary/aromatic N) is 2. The fraction of sp³-hybridized carbons (Fsp3) is 0.125. The molecule has 2 aromatic rings. The quantitative estimate of drug-likeness (QED) is 0.649. The molecule has 1 amide bonds. The monoisotopic (exact) mass is 326 g/mol. The summed E-state index contributed by atoms with van der Waals surface area (Å²) in [6.45, 7) is 0. The summed E-state index contributed by atoms with van der Waals surface area (Å²) < 4.78 is 0. The van der Waals surface area contributed by atoms with Crippen LogP contribution in [-0.4, -0.2) is 16.5 Å². The van der Waals surface area contributed by atoms with Crippen LogP contribution in [-0.2, 0) is 9.63 Å². The van der Waals surface area contributed by atoms with Crippen LogP contribution in [0.3, 0.4) is 0 Å². The molecule has 2 aromatic carbocycles. The largest absolute Gasteiger partial charge is 0.387 e. The van der Waals surface area contributed by atoms with Crippen LogP contribution < -0.4 is 10.9 Å². The van der Waals surface area contributed by atoms with E-state index in [2.05, 4.69) is 16.0 Å². The minimum Gasteiger partial charge on any atom is -0.387 e. The fourth-order valence-electron chi connectivity index (χ4n) is 2.29. The summed E-state index contributed by atoms with van der Waals surface area (Å²) in [7, 11) is 0. The van der Waals surface area contributed by atoms with E-state index in [-0.39, 0.29) is 23.2 Å². The molecule has 1 aliphatic rings. The van der Waals surface area contributed by atoms with Crippen molar-refractivity contribution in [3.63, 3.8) is 0 Å². The number of nitro benzene ring substituents is 1. The maximum absolute atomic E-state index is 12.1. The highest BCUT2D eigenvalue weighted by Crippen LogP contribution is 2.27. The Kier molecular flexibility index (Phi) is 4.37. The van der Waals surface area contributed by atoms with E-state index in [1.54, 1.807) is 12.1 Å². The Morgan fingerprint density at radius 1 is 1.17 bits per heavy atom. The summed E-state index contributed by atoms with van der Waals surface area (Å²) in [5, 5.41) is 14.7. The third kappa shape index (κ3) is 3.32. The number of carbonyl (C=O) groups excluding carboxylic acids is 1. The normalized spacial score (nSPS) is 16.0. The molecule has 1 heterocycles. The third-order valence-corrected chi connectivity index (χ3v) is 3.51. The summed E-state index contributed by atoms with van der Waals surface area (Å²) >= 11 is 0. The van der Waals surface area contributed by atoms with Gasteiger partial charge in [0.2, 0.25) is 0 Å². The number of rotatable bonds is 5. The number of para-hydroxylation sites is 2. The molecule has 24 heavy (non-hydrogen) atoms. The smallest absolute Gasteiger partial charge is 0.294 e. The van der Waals surface area contributed by atoms with Crippen molar-refractivity contribution in [2.75, 3.05) is 5.43 Å². The van der Waals surface area contributed by atoms with E-state index in [1.807, 2.05) is 30.3 Å². The van der Waals surface area contributed by atoms with Crippen molar-refractivity contribution >= 4 is 23.0 Å². The van der Waals surface area contributed by atoms with Gasteiger partial charge in [0.25, 0.3) is 11.6 Å². The van der Waals surface area contributed by atoms with Gasteiger partial charge in [-0.15, -0.1) is 0 Å². The van der Waals surface area contributed by atoms with Gasteiger partial charge in [-0.05, 0) is 11.6 Å². The first-order valence-corrected chi connectivity index (χ1v) is 7.22. The first kappa shape index (κ1) is 15.5. The molecule has 0 fully saturated rings. The lowest BCUT2D eigenvalue weighted by molar-refractivity contribution is -0.384. The predicted octanol–water partition coefficient (Wildman–Crippen LogP) is 2.56. The van der Waals surface area contributed by atoms with Crippen molar-refractivity contribution in [3.05, 3.63) is 70.3 Å². The van der Waals surface area contributed by atoms with E-state index in [9.17, 15) is 14.9 Å². The minimum atomic E-state index is -0.532. The Morgan fingerprint density at radius 3 is 2.62 bits per heavy atom. The van der Waals surface area contributed by atoms with Crippen molar-refractivity contribution in [1.82, 2.24) is 5.43 Å². The number of anilines is 1. The number of carbonyl (C=O) groups is 1. The van der Waals surface area contributed by atoms with Crippen molar-refractivity contribution in [1.29, 1.82) is 0 Å². The van der Waals surface area contributed by atoms with Crippen molar-refractivity contribution in [3.8, 4) is 0 Å². The number of benzene rings is 2. The molecule has 1 aliphatic heterocycles. The van der Waals surface area contributed by atoms with E-state index in [0.717, 1.165) is 5.56 Å². The number of nitro groups is 1. The molecule has 0 aliphatic carbocycles. The zero-order valence-electron chi connectivity index (χ0n) is 12.5. The van der Waals surface area contributed by atoms with Crippen LogP contribution in [0.5, 0.6) is 0 Å². The second kappa shape index (κ2) is 6.78. The van der Waals surface area contributed by atoms with E-state index < -0.39 is 10.8 Å². The summed E-state index contributed by atoms with van der Waals surface area (Å²) in [5.41, 5.74) is 6.15. The van der Waals surface area contributed by atoms with Crippen LogP contribution in [0.4, 0.5) is 11.4 Å². The van der Waals surface area contributed by atoms with Crippen molar-refractivity contribution in [2.24, 2.45) is 5.16 Å². The Morgan fingerprint density at radius 2 is 1.88 bits per heavy atom. The molecule has 3 rings (SSSR count). The molecule has 8 heteroatoms. The van der Waals surface area contributed by atoms with Gasteiger partial charge in [-0.3, -0.25) is 25.8 Å². The average Bonchev–Trinajstić information content (AvgIpc) is 3.11. The highest BCUT2D eigenvalue weighted by Gasteiger charge is 2.27. The predicted molar refractivity (Wildman–Crippen MR) is 87.2 cm³/mol. The van der Waals surface area contributed by atoms with E-state index in [0.29, 0.717) is 6.42 Å².